The predicted molar refractivity (Wildman–Crippen MR) is 159 cm³/mol. The third-order valence-corrected chi connectivity index (χ3v) is 7.21. The van der Waals surface area contributed by atoms with Crippen LogP contribution < -0.4 is 21.7 Å². The third-order valence-electron chi connectivity index (χ3n) is 7.21. The van der Waals surface area contributed by atoms with Crippen molar-refractivity contribution in [2.75, 3.05) is 6.54 Å². The minimum absolute atomic E-state index is 0.0777. The van der Waals surface area contributed by atoms with Crippen LogP contribution in [-0.4, -0.2) is 73.4 Å². The molecule has 13 nitrogen and oxygen atoms in total. The Labute approximate surface area is 245 Å². The van der Waals surface area contributed by atoms with E-state index in [2.05, 4.69) is 35.9 Å². The summed E-state index contributed by atoms with van der Waals surface area (Å²) in [4.78, 5) is 64.5. The number of aromatic amines is 3. The van der Waals surface area contributed by atoms with Gasteiger partial charge in [-0.2, -0.15) is 0 Å². The summed E-state index contributed by atoms with van der Waals surface area (Å²) >= 11 is 0. The van der Waals surface area contributed by atoms with E-state index in [9.17, 15) is 19.2 Å². The molecule has 0 saturated carbocycles. The normalized spacial score (nSPS) is 13.3. The van der Waals surface area contributed by atoms with E-state index in [0.717, 1.165) is 32.9 Å². The van der Waals surface area contributed by atoms with E-state index < -0.39 is 48.4 Å². The highest BCUT2D eigenvalue weighted by atomic mass is 16.4. The number of carboxylic acid groups (broad SMARTS) is 1. The van der Waals surface area contributed by atoms with E-state index in [0.29, 0.717) is 5.69 Å². The predicted octanol–water partition coefficient (Wildman–Crippen LogP) is 0.898. The summed E-state index contributed by atoms with van der Waals surface area (Å²) in [5, 5.41) is 18.7. The second-order valence-corrected chi connectivity index (χ2v) is 10.2. The molecule has 0 aliphatic heterocycles. The maximum absolute atomic E-state index is 13.8. The van der Waals surface area contributed by atoms with Gasteiger partial charge >= 0.3 is 5.97 Å². The molecular weight excluding hydrogens is 552 g/mol. The molecule has 0 radical (unpaired) electrons. The number of para-hydroxylation sites is 2. The first-order chi connectivity index (χ1) is 20.8. The highest BCUT2D eigenvalue weighted by molar-refractivity contribution is 5.95. The van der Waals surface area contributed by atoms with Gasteiger partial charge in [0.05, 0.1) is 12.4 Å². The molecule has 3 atom stereocenters. The highest BCUT2D eigenvalue weighted by Crippen LogP contribution is 2.21. The van der Waals surface area contributed by atoms with E-state index in [4.69, 9.17) is 10.8 Å². The van der Waals surface area contributed by atoms with Gasteiger partial charge in [0.15, 0.2) is 0 Å². The summed E-state index contributed by atoms with van der Waals surface area (Å²) in [7, 11) is 0. The van der Waals surface area contributed by atoms with E-state index >= 15 is 0 Å². The van der Waals surface area contributed by atoms with Crippen LogP contribution in [0.15, 0.2) is 73.4 Å². The summed E-state index contributed by atoms with van der Waals surface area (Å²) in [6.45, 7) is -0.614. The second-order valence-electron chi connectivity index (χ2n) is 10.2. The fourth-order valence-electron chi connectivity index (χ4n) is 5.02. The van der Waals surface area contributed by atoms with Crippen LogP contribution in [0.4, 0.5) is 0 Å². The second kappa shape index (κ2) is 13.0. The molecule has 3 amide bonds. The van der Waals surface area contributed by atoms with Crippen LogP contribution in [0, 0.1) is 0 Å². The van der Waals surface area contributed by atoms with Crippen molar-refractivity contribution in [1.82, 2.24) is 35.9 Å². The molecule has 43 heavy (non-hydrogen) atoms. The molecule has 0 aliphatic rings. The quantitative estimate of drug-likeness (QED) is 0.100. The molecule has 13 heteroatoms. The lowest BCUT2D eigenvalue weighted by Crippen LogP contribution is -2.57. The number of hydrogen-bond donors (Lipinski definition) is 8. The number of hydrogen-bond acceptors (Lipinski definition) is 6. The Bertz CT molecular complexity index is 1740. The molecule has 5 rings (SSSR count). The molecule has 3 heterocycles. The van der Waals surface area contributed by atoms with E-state index in [1.54, 1.807) is 18.6 Å². The smallest absolute Gasteiger partial charge is 0.322 e. The van der Waals surface area contributed by atoms with Crippen molar-refractivity contribution in [3.8, 4) is 0 Å². The number of nitrogens with two attached hydrogens (primary N) is 1. The number of H-pyrrole nitrogens is 3. The molecule has 0 bridgehead atoms. The van der Waals surface area contributed by atoms with Crippen LogP contribution in [0.25, 0.3) is 21.8 Å². The standard InChI is InChI=1S/C30H32N8O5/c31-22(11-19-14-32-16-36-19)28(41)37-26(10-18-13-34-24-8-4-2-6-21(18)24)30(43)38-25(29(42)35-15-27(39)40)9-17-12-33-23-7-3-1-5-20(17)23/h1-8,12-14,16,22,25-26,33-34H,9-11,15,31H2,(H,32,36)(H,35,42)(H,37,41)(H,38,43)(H,39,40). The van der Waals surface area contributed by atoms with Crippen LogP contribution >= 0.6 is 0 Å². The van der Waals surface area contributed by atoms with Gasteiger partial charge in [0.1, 0.15) is 18.6 Å². The van der Waals surface area contributed by atoms with Crippen LogP contribution in [0.1, 0.15) is 16.8 Å². The van der Waals surface area contributed by atoms with Crippen molar-refractivity contribution in [1.29, 1.82) is 0 Å². The molecule has 0 aliphatic carbocycles. The number of carboxylic acids is 1. The molecule has 0 saturated heterocycles. The zero-order valence-electron chi connectivity index (χ0n) is 23.1. The maximum Gasteiger partial charge on any atom is 0.322 e. The van der Waals surface area contributed by atoms with E-state index in [1.165, 1.54) is 6.33 Å². The lowest BCUT2D eigenvalue weighted by Gasteiger charge is -2.24. The SMILES string of the molecule is NC(Cc1cnc[nH]1)C(=O)NC(Cc1c[nH]c2ccccc12)C(=O)NC(Cc1c[nH]c2ccccc12)C(=O)NCC(=O)O. The van der Waals surface area contributed by atoms with Gasteiger partial charge in [0.2, 0.25) is 17.7 Å². The number of aliphatic carboxylic acids is 1. The van der Waals surface area contributed by atoms with Gasteiger partial charge in [-0.3, -0.25) is 19.2 Å². The van der Waals surface area contributed by atoms with Gasteiger partial charge in [-0.05, 0) is 23.3 Å². The minimum Gasteiger partial charge on any atom is -0.480 e. The van der Waals surface area contributed by atoms with Crippen molar-refractivity contribution in [3.05, 3.63) is 90.3 Å². The Hall–Kier alpha value is -5.43. The maximum atomic E-state index is 13.8. The van der Waals surface area contributed by atoms with Gasteiger partial charge in [-0.15, -0.1) is 0 Å². The number of carbonyl (C=O) groups excluding carboxylic acids is 3. The highest BCUT2D eigenvalue weighted by Gasteiger charge is 2.30. The lowest BCUT2D eigenvalue weighted by atomic mass is 10.0. The number of carbonyl (C=O) groups is 4. The molecule has 9 N–H and O–H groups in total. The van der Waals surface area contributed by atoms with Crippen LogP contribution in [0.2, 0.25) is 0 Å². The topological polar surface area (TPSA) is 211 Å². The monoisotopic (exact) mass is 584 g/mol. The van der Waals surface area contributed by atoms with E-state index in [-0.39, 0.29) is 19.3 Å². The number of aromatic nitrogens is 4. The number of imidazole rings is 1. The number of fused-ring (bicyclic) bond motifs is 2. The third kappa shape index (κ3) is 7.08. The Morgan fingerprint density at radius 3 is 1.88 bits per heavy atom. The van der Waals surface area contributed by atoms with Crippen molar-refractivity contribution in [3.63, 3.8) is 0 Å². The van der Waals surface area contributed by atoms with E-state index in [1.807, 2.05) is 48.5 Å². The molecule has 5 aromatic rings. The number of nitrogens with one attached hydrogen (secondary N) is 6. The van der Waals surface area contributed by atoms with Crippen molar-refractivity contribution in [2.45, 2.75) is 37.4 Å². The fourth-order valence-corrected chi connectivity index (χ4v) is 5.02. The van der Waals surface area contributed by atoms with Crippen LogP contribution in [-0.2, 0) is 38.4 Å². The molecule has 2 aromatic carbocycles. The Balaban J connectivity index is 1.39. The zero-order valence-corrected chi connectivity index (χ0v) is 23.1. The molecule has 0 fully saturated rings. The summed E-state index contributed by atoms with van der Waals surface area (Å²) in [5.41, 5.74) is 10.1. The lowest BCUT2D eigenvalue weighted by molar-refractivity contribution is -0.138. The van der Waals surface area contributed by atoms with Crippen LogP contribution in [0.3, 0.4) is 0 Å². The Kier molecular flexibility index (Phi) is 8.82. The molecular formula is C30H32N8O5. The Morgan fingerprint density at radius 1 is 0.767 bits per heavy atom. The largest absolute Gasteiger partial charge is 0.480 e. The number of benzene rings is 2. The van der Waals surface area contributed by atoms with Crippen molar-refractivity contribution < 1.29 is 24.3 Å². The number of nitrogens with zero attached hydrogens (tertiary/aromatic N) is 1. The first-order valence-electron chi connectivity index (χ1n) is 13.7. The van der Waals surface area contributed by atoms with Gasteiger partial charge in [-0.25, -0.2) is 4.98 Å². The molecule has 3 unspecified atom stereocenters. The van der Waals surface area contributed by atoms with Crippen molar-refractivity contribution >= 4 is 45.5 Å². The summed E-state index contributed by atoms with van der Waals surface area (Å²) in [6.07, 6.45) is 6.92. The molecule has 222 valence electrons. The van der Waals surface area contributed by atoms with Gasteiger partial charge in [-0.1, -0.05) is 36.4 Å². The van der Waals surface area contributed by atoms with Crippen molar-refractivity contribution in [2.24, 2.45) is 5.73 Å². The summed E-state index contributed by atoms with van der Waals surface area (Å²) in [5.74, 6) is -3.07. The average Bonchev–Trinajstić information content (AvgIpc) is 3.76. The first-order valence-corrected chi connectivity index (χ1v) is 13.7. The summed E-state index contributed by atoms with van der Waals surface area (Å²) < 4.78 is 0. The number of rotatable bonds is 13. The molecule has 3 aromatic heterocycles. The molecule has 0 spiro atoms. The minimum atomic E-state index is -1.22. The number of amides is 3. The van der Waals surface area contributed by atoms with Gasteiger partial charge in [0, 0.05) is 65.4 Å². The first kappa shape index (κ1) is 29.1. The van der Waals surface area contributed by atoms with Crippen LogP contribution in [0.5, 0.6) is 0 Å². The van der Waals surface area contributed by atoms with Gasteiger partial charge in [0.25, 0.3) is 0 Å². The average molecular weight is 585 g/mol. The van der Waals surface area contributed by atoms with Gasteiger partial charge < -0.3 is 41.7 Å². The fraction of sp³-hybridized carbons (Fsp3) is 0.233. The zero-order chi connectivity index (χ0) is 30.3. The summed E-state index contributed by atoms with van der Waals surface area (Å²) in [6, 6.07) is 11.9. The Morgan fingerprint density at radius 2 is 1.33 bits per heavy atom.